The second-order valence-electron chi connectivity index (χ2n) is 4.56. The monoisotopic (exact) mass is 417 g/mol. The molecule has 23 heavy (non-hydrogen) atoms. The third-order valence-corrected chi connectivity index (χ3v) is 4.10. The molecule has 0 aliphatic heterocycles. The van der Waals surface area contributed by atoms with E-state index in [1.165, 1.54) is 0 Å². The molecule has 0 saturated heterocycles. The molecule has 0 fully saturated rings. The fourth-order valence-electron chi connectivity index (χ4n) is 1.78. The van der Waals surface area contributed by atoms with Crippen molar-refractivity contribution >= 4 is 50.7 Å². The van der Waals surface area contributed by atoms with E-state index in [4.69, 9.17) is 32.7 Å². The fourth-order valence-corrected chi connectivity index (χ4v) is 2.61. The smallest absolute Gasteiger partial charge is 0.255 e. The van der Waals surface area contributed by atoms with Crippen LogP contribution in [0.5, 0.6) is 5.75 Å². The molecule has 0 spiro atoms. The van der Waals surface area contributed by atoms with E-state index in [-0.39, 0.29) is 5.91 Å². The average Bonchev–Trinajstić information content (AvgIpc) is 2.52. The fraction of sp³-hybridized carbons (Fsp3) is 0.188. The SMILES string of the molecule is COCCOc1ccc(C(=O)Nc2cc(Cl)ccc2Cl)cc1Br. The second kappa shape index (κ2) is 8.55. The van der Waals surface area contributed by atoms with Gasteiger partial charge in [-0.25, -0.2) is 0 Å². The predicted octanol–water partition coefficient (Wildman–Crippen LogP) is 5.03. The largest absolute Gasteiger partial charge is 0.490 e. The maximum absolute atomic E-state index is 12.3. The van der Waals surface area contributed by atoms with Crippen LogP contribution in [-0.4, -0.2) is 26.2 Å². The van der Waals surface area contributed by atoms with Gasteiger partial charge in [-0.2, -0.15) is 0 Å². The van der Waals surface area contributed by atoms with Crippen LogP contribution in [0.3, 0.4) is 0 Å². The van der Waals surface area contributed by atoms with Gasteiger partial charge in [0, 0.05) is 17.7 Å². The molecule has 0 bridgehead atoms. The molecule has 2 aromatic carbocycles. The summed E-state index contributed by atoms with van der Waals surface area (Å²) in [6.45, 7) is 0.917. The predicted molar refractivity (Wildman–Crippen MR) is 95.9 cm³/mol. The number of hydrogen-bond donors (Lipinski definition) is 1. The standard InChI is InChI=1S/C16H14BrCl2NO3/c1-22-6-7-23-15-5-2-10(8-12(15)17)16(21)20-14-9-11(18)3-4-13(14)19/h2-5,8-9H,6-7H2,1H3,(H,20,21). The van der Waals surface area contributed by atoms with Crippen LogP contribution in [0, 0.1) is 0 Å². The molecule has 0 atom stereocenters. The van der Waals surface area contributed by atoms with E-state index in [1.54, 1.807) is 43.5 Å². The quantitative estimate of drug-likeness (QED) is 0.669. The first-order valence-corrected chi connectivity index (χ1v) is 8.24. The highest BCUT2D eigenvalue weighted by atomic mass is 79.9. The first-order valence-electron chi connectivity index (χ1n) is 6.69. The summed E-state index contributed by atoms with van der Waals surface area (Å²) >= 11 is 15.3. The summed E-state index contributed by atoms with van der Waals surface area (Å²) in [5.74, 6) is 0.345. The summed E-state index contributed by atoms with van der Waals surface area (Å²) in [6, 6.07) is 9.94. The lowest BCUT2D eigenvalue weighted by Crippen LogP contribution is -2.12. The van der Waals surface area contributed by atoms with Crippen LogP contribution in [0.25, 0.3) is 0 Å². The van der Waals surface area contributed by atoms with Crippen molar-refractivity contribution < 1.29 is 14.3 Å². The van der Waals surface area contributed by atoms with E-state index >= 15 is 0 Å². The van der Waals surface area contributed by atoms with Gasteiger partial charge in [0.1, 0.15) is 12.4 Å². The lowest BCUT2D eigenvalue weighted by Gasteiger charge is -2.11. The minimum atomic E-state index is -0.293. The minimum absolute atomic E-state index is 0.293. The van der Waals surface area contributed by atoms with Crippen molar-refractivity contribution in [2.24, 2.45) is 0 Å². The van der Waals surface area contributed by atoms with Crippen LogP contribution in [0.15, 0.2) is 40.9 Å². The molecule has 0 aromatic heterocycles. The Bertz CT molecular complexity index is 710. The van der Waals surface area contributed by atoms with E-state index in [0.29, 0.717) is 44.7 Å². The summed E-state index contributed by atoms with van der Waals surface area (Å²) in [5, 5.41) is 3.64. The number of carbonyl (C=O) groups is 1. The van der Waals surface area contributed by atoms with Gasteiger partial charge >= 0.3 is 0 Å². The lowest BCUT2D eigenvalue weighted by atomic mass is 10.2. The van der Waals surface area contributed by atoms with E-state index in [2.05, 4.69) is 21.2 Å². The molecule has 0 heterocycles. The lowest BCUT2D eigenvalue weighted by molar-refractivity contribution is 0.102. The number of methoxy groups -OCH3 is 1. The summed E-state index contributed by atoms with van der Waals surface area (Å²) in [4.78, 5) is 12.3. The third-order valence-electron chi connectivity index (χ3n) is 2.92. The highest BCUT2D eigenvalue weighted by Gasteiger charge is 2.11. The number of rotatable bonds is 6. The van der Waals surface area contributed by atoms with Crippen LogP contribution in [0.4, 0.5) is 5.69 Å². The number of ether oxygens (including phenoxy) is 2. The maximum atomic E-state index is 12.3. The summed E-state index contributed by atoms with van der Waals surface area (Å²) in [7, 11) is 1.60. The van der Waals surface area contributed by atoms with E-state index in [9.17, 15) is 4.79 Å². The molecular formula is C16H14BrCl2NO3. The van der Waals surface area contributed by atoms with Gasteiger partial charge in [0.05, 0.1) is 21.8 Å². The maximum Gasteiger partial charge on any atom is 0.255 e. The van der Waals surface area contributed by atoms with Gasteiger partial charge in [-0.15, -0.1) is 0 Å². The average molecular weight is 419 g/mol. The van der Waals surface area contributed by atoms with Crippen LogP contribution in [-0.2, 0) is 4.74 Å². The van der Waals surface area contributed by atoms with Gasteiger partial charge in [-0.1, -0.05) is 23.2 Å². The number of anilines is 1. The topological polar surface area (TPSA) is 47.6 Å². The van der Waals surface area contributed by atoms with Gasteiger partial charge < -0.3 is 14.8 Å². The number of amides is 1. The Kier molecular flexibility index (Phi) is 6.72. The highest BCUT2D eigenvalue weighted by Crippen LogP contribution is 2.28. The molecular weight excluding hydrogens is 405 g/mol. The van der Waals surface area contributed by atoms with Crippen molar-refractivity contribution in [3.63, 3.8) is 0 Å². The normalized spacial score (nSPS) is 10.4. The molecule has 0 saturated carbocycles. The number of nitrogens with one attached hydrogen (secondary N) is 1. The first-order chi connectivity index (χ1) is 11.0. The second-order valence-corrected chi connectivity index (χ2v) is 6.26. The first kappa shape index (κ1) is 18.1. The van der Waals surface area contributed by atoms with E-state index in [0.717, 1.165) is 0 Å². The van der Waals surface area contributed by atoms with E-state index < -0.39 is 0 Å². The Hall–Kier alpha value is -1.27. The summed E-state index contributed by atoms with van der Waals surface area (Å²) in [5.41, 5.74) is 0.924. The molecule has 4 nitrogen and oxygen atoms in total. The zero-order valence-electron chi connectivity index (χ0n) is 12.2. The molecule has 0 aliphatic carbocycles. The van der Waals surface area contributed by atoms with Gasteiger partial charge in [0.15, 0.2) is 0 Å². The van der Waals surface area contributed by atoms with Crippen molar-refractivity contribution in [3.05, 3.63) is 56.5 Å². The minimum Gasteiger partial charge on any atom is -0.490 e. The van der Waals surface area contributed by atoms with Crippen LogP contribution in [0.2, 0.25) is 10.0 Å². The molecule has 0 aliphatic rings. The number of carbonyl (C=O) groups excluding carboxylic acids is 1. The zero-order valence-corrected chi connectivity index (χ0v) is 15.3. The molecule has 2 aromatic rings. The molecule has 2 rings (SSSR count). The molecule has 122 valence electrons. The summed E-state index contributed by atoms with van der Waals surface area (Å²) in [6.07, 6.45) is 0. The molecule has 0 unspecified atom stereocenters. The van der Waals surface area contributed by atoms with E-state index in [1.807, 2.05) is 0 Å². The molecule has 1 amide bonds. The van der Waals surface area contributed by atoms with Gasteiger partial charge in [-0.05, 0) is 52.3 Å². The Labute approximate surface area is 152 Å². The van der Waals surface area contributed by atoms with Crippen molar-refractivity contribution in [1.29, 1.82) is 0 Å². The molecule has 1 N–H and O–H groups in total. The Balaban J connectivity index is 2.10. The highest BCUT2D eigenvalue weighted by molar-refractivity contribution is 9.10. The number of halogens is 3. The van der Waals surface area contributed by atoms with Crippen LogP contribution in [0.1, 0.15) is 10.4 Å². The van der Waals surface area contributed by atoms with Crippen molar-refractivity contribution in [1.82, 2.24) is 0 Å². The molecule has 0 radical (unpaired) electrons. The Morgan fingerprint density at radius 1 is 1.17 bits per heavy atom. The van der Waals surface area contributed by atoms with Crippen LogP contribution < -0.4 is 10.1 Å². The number of hydrogen-bond acceptors (Lipinski definition) is 3. The Morgan fingerprint density at radius 2 is 1.96 bits per heavy atom. The van der Waals surface area contributed by atoms with Gasteiger partial charge in [-0.3, -0.25) is 4.79 Å². The van der Waals surface area contributed by atoms with Crippen LogP contribution >= 0.6 is 39.1 Å². The number of benzene rings is 2. The van der Waals surface area contributed by atoms with Crippen molar-refractivity contribution in [3.8, 4) is 5.75 Å². The zero-order chi connectivity index (χ0) is 16.8. The third kappa shape index (κ3) is 5.11. The van der Waals surface area contributed by atoms with Crippen molar-refractivity contribution in [2.75, 3.05) is 25.6 Å². The molecule has 7 heteroatoms. The summed E-state index contributed by atoms with van der Waals surface area (Å²) < 4.78 is 11.1. The van der Waals surface area contributed by atoms with Crippen molar-refractivity contribution in [2.45, 2.75) is 0 Å². The van der Waals surface area contributed by atoms with Gasteiger partial charge in [0.25, 0.3) is 5.91 Å². The van der Waals surface area contributed by atoms with Gasteiger partial charge in [0.2, 0.25) is 0 Å². The Morgan fingerprint density at radius 3 is 2.65 bits per heavy atom.